The van der Waals surface area contributed by atoms with Gasteiger partial charge < -0.3 is 29.6 Å². The van der Waals surface area contributed by atoms with E-state index in [9.17, 15) is 9.90 Å². The third kappa shape index (κ3) is 6.04. The van der Waals surface area contributed by atoms with Gasteiger partial charge in [-0.15, -0.1) is 0 Å². The molecule has 10 nitrogen and oxygen atoms in total. The number of amides is 1. The summed E-state index contributed by atoms with van der Waals surface area (Å²) in [5, 5.41) is 13.6. The van der Waals surface area contributed by atoms with Gasteiger partial charge in [-0.05, 0) is 72.3 Å². The number of rotatable bonds is 9. The lowest BCUT2D eigenvalue weighted by molar-refractivity contribution is 0.0322. The normalized spacial score (nSPS) is 13.6. The molecule has 1 saturated heterocycles. The van der Waals surface area contributed by atoms with Crippen LogP contribution in [-0.4, -0.2) is 77.4 Å². The van der Waals surface area contributed by atoms with Crippen molar-refractivity contribution >= 4 is 22.6 Å². The summed E-state index contributed by atoms with van der Waals surface area (Å²) in [6.07, 6.45) is 1.66. The number of aromatic nitrogens is 3. The summed E-state index contributed by atoms with van der Waals surface area (Å²) in [5.74, 6) is 1.54. The molecule has 3 N–H and O–H groups in total. The third-order valence-corrected chi connectivity index (χ3v) is 7.16. The number of anilines is 1. The lowest BCUT2D eigenvalue weighted by atomic mass is 10.0. The first kappa shape index (κ1) is 27.3. The predicted molar refractivity (Wildman–Crippen MR) is 160 cm³/mol. The molecular formula is C32H31N5O5. The fourth-order valence-corrected chi connectivity index (χ4v) is 4.90. The first-order valence-electron chi connectivity index (χ1n) is 13.7. The summed E-state index contributed by atoms with van der Waals surface area (Å²) < 4.78 is 16.6. The van der Waals surface area contributed by atoms with Crippen LogP contribution >= 0.6 is 0 Å². The van der Waals surface area contributed by atoms with Gasteiger partial charge in [-0.3, -0.25) is 9.69 Å². The molecule has 0 atom stereocenters. The molecule has 10 heteroatoms. The minimum absolute atomic E-state index is 0.0761. The van der Waals surface area contributed by atoms with Crippen LogP contribution in [0.2, 0.25) is 0 Å². The smallest absolute Gasteiger partial charge is 0.255 e. The van der Waals surface area contributed by atoms with Crippen molar-refractivity contribution in [1.29, 1.82) is 0 Å². The van der Waals surface area contributed by atoms with Crippen LogP contribution in [-0.2, 0) is 4.74 Å². The van der Waals surface area contributed by atoms with Crippen LogP contribution in [0.25, 0.3) is 33.5 Å². The van der Waals surface area contributed by atoms with Crippen molar-refractivity contribution in [2.45, 2.75) is 0 Å². The van der Waals surface area contributed by atoms with Crippen LogP contribution in [0.3, 0.4) is 0 Å². The Labute approximate surface area is 242 Å². The number of benzene rings is 3. The number of imidazole rings is 1. The number of ether oxygens (including phenoxy) is 3. The van der Waals surface area contributed by atoms with Crippen molar-refractivity contribution in [1.82, 2.24) is 19.9 Å². The van der Waals surface area contributed by atoms with Crippen LogP contribution in [0, 0.1) is 0 Å². The van der Waals surface area contributed by atoms with Gasteiger partial charge in [0.2, 0.25) is 5.88 Å². The van der Waals surface area contributed by atoms with Crippen molar-refractivity contribution in [3.8, 4) is 39.9 Å². The number of aromatic amines is 1. The number of aromatic hydroxyl groups is 1. The summed E-state index contributed by atoms with van der Waals surface area (Å²) in [7, 11) is 1.57. The zero-order chi connectivity index (χ0) is 28.9. The van der Waals surface area contributed by atoms with E-state index in [-0.39, 0.29) is 11.7 Å². The SMILES string of the molecule is COc1ncccc1-c1ccc(O)c(-c2nc3cc(C(=O)Nc4ccc(OCCN5CCOCC5)cc4)ccc3[nH]2)c1. The van der Waals surface area contributed by atoms with E-state index in [0.717, 1.165) is 55.2 Å². The Hall–Kier alpha value is -4.93. The van der Waals surface area contributed by atoms with Crippen molar-refractivity contribution < 1.29 is 24.1 Å². The maximum Gasteiger partial charge on any atom is 0.255 e. The number of phenolic OH excluding ortho intramolecular Hbond substituents is 1. The second-order valence-corrected chi connectivity index (χ2v) is 9.89. The Morgan fingerprint density at radius 2 is 1.88 bits per heavy atom. The van der Waals surface area contributed by atoms with Crippen molar-refractivity contribution in [2.75, 3.05) is 51.9 Å². The largest absolute Gasteiger partial charge is 0.507 e. The van der Waals surface area contributed by atoms with Gasteiger partial charge in [0.25, 0.3) is 5.91 Å². The minimum Gasteiger partial charge on any atom is -0.507 e. The number of pyridine rings is 1. The molecule has 2 aromatic heterocycles. The molecule has 0 bridgehead atoms. The highest BCUT2D eigenvalue weighted by atomic mass is 16.5. The number of H-pyrrole nitrogens is 1. The fourth-order valence-electron chi connectivity index (χ4n) is 4.90. The van der Waals surface area contributed by atoms with E-state index < -0.39 is 0 Å². The van der Waals surface area contributed by atoms with E-state index in [1.807, 2.05) is 42.5 Å². The Balaban J connectivity index is 1.14. The van der Waals surface area contributed by atoms with E-state index >= 15 is 0 Å². The number of methoxy groups -OCH3 is 1. The quantitative estimate of drug-likeness (QED) is 0.229. The van der Waals surface area contributed by atoms with Gasteiger partial charge in [0, 0.05) is 42.6 Å². The number of morpholine rings is 1. The summed E-state index contributed by atoms with van der Waals surface area (Å²) in [6, 6.07) is 21.6. The van der Waals surface area contributed by atoms with Crippen LogP contribution < -0.4 is 14.8 Å². The van der Waals surface area contributed by atoms with E-state index in [0.29, 0.717) is 40.6 Å². The van der Waals surface area contributed by atoms with Gasteiger partial charge in [-0.25, -0.2) is 9.97 Å². The van der Waals surface area contributed by atoms with Crippen LogP contribution in [0.5, 0.6) is 17.4 Å². The molecule has 5 aromatic rings. The molecule has 3 heterocycles. The van der Waals surface area contributed by atoms with Crippen LogP contribution in [0.4, 0.5) is 5.69 Å². The third-order valence-electron chi connectivity index (χ3n) is 7.16. The van der Waals surface area contributed by atoms with E-state index in [1.165, 1.54) is 0 Å². The van der Waals surface area contributed by atoms with E-state index in [2.05, 4.69) is 25.2 Å². The summed E-state index contributed by atoms with van der Waals surface area (Å²) >= 11 is 0. The molecular weight excluding hydrogens is 534 g/mol. The number of nitrogens with one attached hydrogen (secondary N) is 2. The second-order valence-electron chi connectivity index (χ2n) is 9.89. The molecule has 1 aliphatic rings. The van der Waals surface area contributed by atoms with Gasteiger partial charge in [-0.2, -0.15) is 0 Å². The summed E-state index contributed by atoms with van der Waals surface area (Å²) in [4.78, 5) is 27.5. The Morgan fingerprint density at radius 1 is 1.05 bits per heavy atom. The van der Waals surface area contributed by atoms with Gasteiger partial charge in [0.05, 0.1) is 36.9 Å². The molecule has 42 heavy (non-hydrogen) atoms. The highest BCUT2D eigenvalue weighted by Gasteiger charge is 2.16. The van der Waals surface area contributed by atoms with E-state index in [4.69, 9.17) is 14.2 Å². The number of nitrogens with zero attached hydrogens (tertiary/aromatic N) is 3. The molecule has 0 saturated carbocycles. The molecule has 0 spiro atoms. The average Bonchev–Trinajstić information content (AvgIpc) is 3.46. The number of hydrogen-bond acceptors (Lipinski definition) is 8. The minimum atomic E-state index is -0.254. The van der Waals surface area contributed by atoms with Crippen LogP contribution in [0.1, 0.15) is 10.4 Å². The van der Waals surface area contributed by atoms with Gasteiger partial charge in [0.15, 0.2) is 0 Å². The number of carbonyl (C=O) groups is 1. The van der Waals surface area contributed by atoms with Crippen molar-refractivity contribution in [3.63, 3.8) is 0 Å². The van der Waals surface area contributed by atoms with Gasteiger partial charge >= 0.3 is 0 Å². The lowest BCUT2D eigenvalue weighted by Gasteiger charge is -2.26. The van der Waals surface area contributed by atoms with Crippen LogP contribution in [0.15, 0.2) is 79.0 Å². The number of fused-ring (bicyclic) bond motifs is 1. The fraction of sp³-hybridized carbons (Fsp3) is 0.219. The first-order valence-corrected chi connectivity index (χ1v) is 13.7. The highest BCUT2D eigenvalue weighted by molar-refractivity contribution is 6.06. The van der Waals surface area contributed by atoms with E-state index in [1.54, 1.807) is 43.6 Å². The Morgan fingerprint density at radius 3 is 2.69 bits per heavy atom. The Kier molecular flexibility index (Phi) is 7.98. The first-order chi connectivity index (χ1) is 20.6. The van der Waals surface area contributed by atoms with Crippen molar-refractivity contribution in [3.05, 3.63) is 84.6 Å². The van der Waals surface area contributed by atoms with Gasteiger partial charge in [-0.1, -0.05) is 6.07 Å². The number of phenols is 1. The zero-order valence-electron chi connectivity index (χ0n) is 23.2. The average molecular weight is 566 g/mol. The predicted octanol–water partition coefficient (Wildman–Crippen LogP) is 4.97. The molecule has 1 fully saturated rings. The molecule has 1 aliphatic heterocycles. The summed E-state index contributed by atoms with van der Waals surface area (Å²) in [5.41, 5.74) is 4.60. The molecule has 3 aromatic carbocycles. The molecule has 6 rings (SSSR count). The monoisotopic (exact) mass is 565 g/mol. The number of hydrogen-bond donors (Lipinski definition) is 3. The zero-order valence-corrected chi connectivity index (χ0v) is 23.2. The number of carbonyl (C=O) groups excluding carboxylic acids is 1. The maximum atomic E-state index is 13.0. The Bertz CT molecular complexity index is 1700. The topological polar surface area (TPSA) is 122 Å². The molecule has 214 valence electrons. The maximum absolute atomic E-state index is 13.0. The highest BCUT2D eigenvalue weighted by Crippen LogP contribution is 2.35. The van der Waals surface area contributed by atoms with Crippen molar-refractivity contribution in [2.24, 2.45) is 0 Å². The molecule has 0 aliphatic carbocycles. The van der Waals surface area contributed by atoms with Gasteiger partial charge in [0.1, 0.15) is 23.9 Å². The molecule has 0 unspecified atom stereocenters. The summed E-state index contributed by atoms with van der Waals surface area (Å²) in [6.45, 7) is 4.83. The standard InChI is InChI=1S/C32H31N5O5/c1-40-32-25(3-2-12-33-32)21-5-11-29(38)26(19-21)30-35-27-10-4-22(20-28(27)36-30)31(39)34-23-6-8-24(9-7-23)42-18-15-37-13-16-41-17-14-37/h2-12,19-20,38H,13-18H2,1H3,(H,34,39)(H,35,36). The molecule has 0 radical (unpaired) electrons. The molecule has 1 amide bonds. The lowest BCUT2D eigenvalue weighted by Crippen LogP contribution is -2.38. The second kappa shape index (κ2) is 12.3.